The largest absolute Gasteiger partial charge is 0.322 e. The number of H-pyrrole nitrogens is 1. The minimum Gasteiger partial charge on any atom is -0.322 e. The van der Waals surface area contributed by atoms with Crippen molar-refractivity contribution in [3.63, 3.8) is 0 Å². The number of nitrogens with one attached hydrogen (secondary N) is 1. The van der Waals surface area contributed by atoms with Crippen LogP contribution in [0.4, 0.5) is 0 Å². The summed E-state index contributed by atoms with van der Waals surface area (Å²) in [5.74, 6) is 1.41. The van der Waals surface area contributed by atoms with E-state index in [2.05, 4.69) is 44.5 Å². The first kappa shape index (κ1) is 19.4. The smallest absolute Gasteiger partial charge is 0.253 e. The normalized spacial score (nSPS) is 22.0. The highest BCUT2D eigenvalue weighted by atomic mass is 16.1. The standard InChI is InChI=1S/C23H30N6O/c1-15-9-10-17-13-19(23(30)24-20(17)12-15)21(28-11-5-6-16(2)14-28)22-25-26-27-29(22)18-7-3-4-8-18/h9-10,12-13,16,18,21H,3-8,11,14H2,1-2H3,(H,24,30)/t16-,21+/m0/s1. The van der Waals surface area contributed by atoms with Crippen molar-refractivity contribution in [2.45, 2.75) is 64.5 Å². The first-order valence-electron chi connectivity index (χ1n) is 11.3. The van der Waals surface area contributed by atoms with Gasteiger partial charge in [-0.25, -0.2) is 4.68 Å². The first-order chi connectivity index (χ1) is 14.6. The molecule has 3 heterocycles. The Bertz CT molecular complexity index is 1100. The molecule has 0 bridgehead atoms. The van der Waals surface area contributed by atoms with Crippen LogP contribution in [0.5, 0.6) is 0 Å². The minimum atomic E-state index is -0.224. The second-order valence-electron chi connectivity index (χ2n) is 9.21. The Labute approximate surface area is 176 Å². The summed E-state index contributed by atoms with van der Waals surface area (Å²) in [5.41, 5.74) is 2.72. The Morgan fingerprint density at radius 3 is 2.77 bits per heavy atom. The zero-order valence-corrected chi connectivity index (χ0v) is 17.8. The Morgan fingerprint density at radius 1 is 1.13 bits per heavy atom. The number of benzene rings is 1. The monoisotopic (exact) mass is 406 g/mol. The van der Waals surface area contributed by atoms with Crippen LogP contribution in [0.2, 0.25) is 0 Å². The lowest BCUT2D eigenvalue weighted by molar-refractivity contribution is 0.139. The molecule has 5 rings (SSSR count). The van der Waals surface area contributed by atoms with Crippen molar-refractivity contribution in [2.75, 3.05) is 13.1 Å². The number of aromatic amines is 1. The van der Waals surface area contributed by atoms with Crippen LogP contribution in [0.25, 0.3) is 10.9 Å². The van der Waals surface area contributed by atoms with Gasteiger partial charge in [0.15, 0.2) is 5.82 Å². The van der Waals surface area contributed by atoms with Crippen LogP contribution in [0, 0.1) is 12.8 Å². The summed E-state index contributed by atoms with van der Waals surface area (Å²) in [6.45, 7) is 6.24. The van der Waals surface area contributed by atoms with Crippen LogP contribution < -0.4 is 5.56 Å². The van der Waals surface area contributed by atoms with Gasteiger partial charge in [0.25, 0.3) is 5.56 Å². The molecule has 0 radical (unpaired) electrons. The van der Waals surface area contributed by atoms with E-state index in [4.69, 9.17) is 0 Å². The topological polar surface area (TPSA) is 79.7 Å². The maximum atomic E-state index is 13.3. The van der Waals surface area contributed by atoms with Gasteiger partial charge in [0, 0.05) is 17.6 Å². The van der Waals surface area contributed by atoms with Gasteiger partial charge in [0.1, 0.15) is 6.04 Å². The molecule has 2 aliphatic rings. The van der Waals surface area contributed by atoms with Crippen LogP contribution in [0.15, 0.2) is 29.1 Å². The molecule has 0 unspecified atom stereocenters. The SMILES string of the molecule is Cc1ccc2cc([C@H](c3nnnn3C3CCCC3)N3CCC[C@H](C)C3)c(=O)[nH]c2c1. The number of hydrogen-bond donors (Lipinski definition) is 1. The average molecular weight is 407 g/mol. The second kappa shape index (κ2) is 7.95. The van der Waals surface area contributed by atoms with Gasteiger partial charge in [-0.15, -0.1) is 5.10 Å². The molecular weight excluding hydrogens is 376 g/mol. The van der Waals surface area contributed by atoms with E-state index in [0.717, 1.165) is 60.2 Å². The minimum absolute atomic E-state index is 0.0442. The molecule has 1 aromatic carbocycles. The van der Waals surface area contributed by atoms with E-state index in [9.17, 15) is 4.79 Å². The van der Waals surface area contributed by atoms with Gasteiger partial charge in [-0.2, -0.15) is 0 Å². The van der Waals surface area contributed by atoms with Crippen molar-refractivity contribution >= 4 is 10.9 Å². The van der Waals surface area contributed by atoms with Gasteiger partial charge in [-0.1, -0.05) is 31.9 Å². The Hall–Kier alpha value is -2.54. The Kier molecular flexibility index (Phi) is 5.15. The third-order valence-electron chi connectivity index (χ3n) is 6.81. The summed E-state index contributed by atoms with van der Waals surface area (Å²) < 4.78 is 2.01. The Morgan fingerprint density at radius 2 is 1.97 bits per heavy atom. The lowest BCUT2D eigenvalue weighted by Crippen LogP contribution is -2.41. The van der Waals surface area contributed by atoms with Crippen LogP contribution in [0.3, 0.4) is 0 Å². The summed E-state index contributed by atoms with van der Waals surface area (Å²) >= 11 is 0. The lowest BCUT2D eigenvalue weighted by Gasteiger charge is -2.36. The predicted molar refractivity (Wildman–Crippen MR) is 116 cm³/mol. The van der Waals surface area contributed by atoms with Gasteiger partial charge in [-0.05, 0) is 78.6 Å². The molecule has 1 saturated carbocycles. The number of rotatable bonds is 4. The van der Waals surface area contributed by atoms with Crippen molar-refractivity contribution in [1.29, 1.82) is 0 Å². The van der Waals surface area contributed by atoms with Crippen LogP contribution in [-0.2, 0) is 0 Å². The average Bonchev–Trinajstić information content (AvgIpc) is 3.40. The van der Waals surface area contributed by atoms with Gasteiger partial charge in [0.2, 0.25) is 0 Å². The quantitative estimate of drug-likeness (QED) is 0.714. The van der Waals surface area contributed by atoms with Gasteiger partial charge in [-0.3, -0.25) is 9.69 Å². The fourth-order valence-corrected chi connectivity index (χ4v) is 5.28. The van der Waals surface area contributed by atoms with Crippen LogP contribution in [0.1, 0.15) is 74.5 Å². The molecule has 1 aliphatic carbocycles. The first-order valence-corrected chi connectivity index (χ1v) is 11.3. The van der Waals surface area contributed by atoms with Crippen molar-refractivity contribution in [2.24, 2.45) is 5.92 Å². The van der Waals surface area contributed by atoms with E-state index in [1.165, 1.54) is 19.3 Å². The molecule has 2 fully saturated rings. The lowest BCUT2D eigenvalue weighted by atomic mass is 9.95. The third kappa shape index (κ3) is 3.55. The fraction of sp³-hybridized carbons (Fsp3) is 0.565. The number of piperidine rings is 1. The molecule has 158 valence electrons. The van der Waals surface area contributed by atoms with E-state index in [1.54, 1.807) is 0 Å². The number of hydrogen-bond acceptors (Lipinski definition) is 5. The molecule has 30 heavy (non-hydrogen) atoms. The number of likely N-dealkylation sites (tertiary alicyclic amines) is 1. The number of nitrogens with zero attached hydrogens (tertiary/aromatic N) is 5. The van der Waals surface area contributed by atoms with E-state index in [0.29, 0.717) is 12.0 Å². The molecule has 1 saturated heterocycles. The number of tetrazole rings is 1. The highest BCUT2D eigenvalue weighted by molar-refractivity contribution is 5.79. The zero-order valence-electron chi connectivity index (χ0n) is 17.8. The zero-order chi connectivity index (χ0) is 20.7. The maximum absolute atomic E-state index is 13.3. The molecule has 3 aromatic rings. The van der Waals surface area contributed by atoms with E-state index < -0.39 is 0 Å². The second-order valence-corrected chi connectivity index (χ2v) is 9.21. The number of aromatic nitrogens is 5. The molecule has 0 amide bonds. The van der Waals surface area contributed by atoms with Crippen molar-refractivity contribution in [3.05, 3.63) is 51.6 Å². The molecular formula is C23H30N6O. The number of fused-ring (bicyclic) bond motifs is 1. The third-order valence-corrected chi connectivity index (χ3v) is 6.81. The van der Waals surface area contributed by atoms with Crippen molar-refractivity contribution in [1.82, 2.24) is 30.1 Å². The number of aryl methyl sites for hydroxylation is 1. The van der Waals surface area contributed by atoms with E-state index in [1.807, 2.05) is 23.7 Å². The molecule has 7 nitrogen and oxygen atoms in total. The van der Waals surface area contributed by atoms with Gasteiger partial charge < -0.3 is 4.98 Å². The predicted octanol–water partition coefficient (Wildman–Crippen LogP) is 3.76. The van der Waals surface area contributed by atoms with Gasteiger partial charge >= 0.3 is 0 Å². The van der Waals surface area contributed by atoms with Crippen LogP contribution >= 0.6 is 0 Å². The highest BCUT2D eigenvalue weighted by Crippen LogP contribution is 2.35. The van der Waals surface area contributed by atoms with E-state index >= 15 is 0 Å². The summed E-state index contributed by atoms with van der Waals surface area (Å²) in [7, 11) is 0. The molecule has 7 heteroatoms. The van der Waals surface area contributed by atoms with E-state index in [-0.39, 0.29) is 11.6 Å². The fourth-order valence-electron chi connectivity index (χ4n) is 5.28. The van der Waals surface area contributed by atoms with Crippen molar-refractivity contribution in [3.8, 4) is 0 Å². The number of pyridine rings is 1. The molecule has 1 aliphatic heterocycles. The maximum Gasteiger partial charge on any atom is 0.253 e. The van der Waals surface area contributed by atoms with Crippen molar-refractivity contribution < 1.29 is 0 Å². The summed E-state index contributed by atoms with van der Waals surface area (Å²) in [5, 5.41) is 14.0. The molecule has 0 spiro atoms. The van der Waals surface area contributed by atoms with Crippen LogP contribution in [-0.4, -0.2) is 43.2 Å². The summed E-state index contributed by atoms with van der Waals surface area (Å²) in [4.78, 5) is 18.8. The highest BCUT2D eigenvalue weighted by Gasteiger charge is 2.34. The molecule has 2 aromatic heterocycles. The Balaban J connectivity index is 1.65. The molecule has 1 N–H and O–H groups in total. The summed E-state index contributed by atoms with van der Waals surface area (Å²) in [6.07, 6.45) is 7.00. The molecule has 2 atom stereocenters. The summed E-state index contributed by atoms with van der Waals surface area (Å²) in [6, 6.07) is 8.36. The van der Waals surface area contributed by atoms with Gasteiger partial charge in [0.05, 0.1) is 6.04 Å².